The number of rotatable bonds is 5. The molecule has 1 saturated carbocycles. The molecule has 0 aromatic heterocycles. The van der Waals surface area contributed by atoms with Crippen molar-refractivity contribution in [2.75, 3.05) is 13.2 Å². The van der Waals surface area contributed by atoms with Gasteiger partial charge in [-0.25, -0.2) is 4.39 Å². The zero-order valence-electron chi connectivity index (χ0n) is 11.5. The summed E-state index contributed by atoms with van der Waals surface area (Å²) >= 11 is 0. The van der Waals surface area contributed by atoms with Crippen molar-refractivity contribution in [2.45, 2.75) is 25.7 Å². The Morgan fingerprint density at radius 1 is 1.30 bits per heavy atom. The van der Waals surface area contributed by atoms with Crippen molar-refractivity contribution < 1.29 is 23.5 Å². The highest BCUT2D eigenvalue weighted by Gasteiger charge is 2.66. The van der Waals surface area contributed by atoms with Crippen molar-refractivity contribution in [3.8, 4) is 0 Å². The van der Waals surface area contributed by atoms with Crippen LogP contribution < -0.4 is 0 Å². The minimum atomic E-state index is -1.09. The number of carbonyl (C=O) groups is 2. The van der Waals surface area contributed by atoms with Crippen LogP contribution in [0.1, 0.15) is 25.8 Å². The lowest BCUT2D eigenvalue weighted by atomic mass is 9.93. The monoisotopic (exact) mass is 280 g/mol. The van der Waals surface area contributed by atoms with Crippen LogP contribution in [0.15, 0.2) is 24.3 Å². The van der Waals surface area contributed by atoms with Crippen molar-refractivity contribution in [2.24, 2.45) is 5.92 Å². The first-order valence-electron chi connectivity index (χ1n) is 6.66. The number of carbonyl (C=O) groups excluding carboxylic acids is 2. The van der Waals surface area contributed by atoms with Gasteiger partial charge in [0.05, 0.1) is 19.1 Å². The summed E-state index contributed by atoms with van der Waals surface area (Å²) in [6.45, 7) is 3.86. The highest BCUT2D eigenvalue weighted by Crippen LogP contribution is 2.55. The van der Waals surface area contributed by atoms with Gasteiger partial charge >= 0.3 is 11.9 Å². The largest absolute Gasteiger partial charge is 0.466 e. The van der Waals surface area contributed by atoms with Crippen molar-refractivity contribution >= 4 is 11.9 Å². The molecule has 2 atom stereocenters. The molecule has 4 nitrogen and oxygen atoms in total. The summed E-state index contributed by atoms with van der Waals surface area (Å²) in [4.78, 5) is 24.1. The molecule has 0 bridgehead atoms. The van der Waals surface area contributed by atoms with E-state index in [0.717, 1.165) is 0 Å². The topological polar surface area (TPSA) is 52.6 Å². The molecule has 1 aliphatic rings. The van der Waals surface area contributed by atoms with Gasteiger partial charge in [0.2, 0.25) is 0 Å². The van der Waals surface area contributed by atoms with Crippen molar-refractivity contribution in [3.05, 3.63) is 35.6 Å². The minimum absolute atomic E-state index is 0.214. The van der Waals surface area contributed by atoms with Gasteiger partial charge in [-0.1, -0.05) is 12.1 Å². The molecule has 2 unspecified atom stereocenters. The van der Waals surface area contributed by atoms with Gasteiger partial charge in [0.15, 0.2) is 0 Å². The average molecular weight is 280 g/mol. The Kier molecular flexibility index (Phi) is 4.06. The van der Waals surface area contributed by atoms with E-state index in [0.29, 0.717) is 12.0 Å². The standard InChI is InChI=1S/C15H17FO4/c1-3-19-13(17)12-9-15(12,14(18)20-4-2)10-6-5-7-11(16)8-10/h5-8,12H,3-4,9H2,1-2H3. The van der Waals surface area contributed by atoms with E-state index in [-0.39, 0.29) is 13.2 Å². The van der Waals surface area contributed by atoms with E-state index in [4.69, 9.17) is 9.47 Å². The molecule has 1 fully saturated rings. The van der Waals surface area contributed by atoms with Crippen LogP contribution >= 0.6 is 0 Å². The SMILES string of the molecule is CCOC(=O)C1CC1(C(=O)OCC)c1cccc(F)c1. The molecule has 108 valence electrons. The first-order chi connectivity index (χ1) is 9.56. The molecule has 2 rings (SSSR count). The molecule has 20 heavy (non-hydrogen) atoms. The lowest BCUT2D eigenvalue weighted by Gasteiger charge is -2.16. The van der Waals surface area contributed by atoms with Crippen molar-refractivity contribution in [3.63, 3.8) is 0 Å². The molecule has 0 radical (unpaired) electrons. The Morgan fingerprint density at radius 2 is 2.00 bits per heavy atom. The normalized spacial score (nSPS) is 24.1. The summed E-state index contributed by atoms with van der Waals surface area (Å²) in [7, 11) is 0. The van der Waals surface area contributed by atoms with Gasteiger partial charge < -0.3 is 9.47 Å². The fourth-order valence-electron chi connectivity index (χ4n) is 2.48. The first-order valence-corrected chi connectivity index (χ1v) is 6.66. The number of esters is 2. The quantitative estimate of drug-likeness (QED) is 0.776. The van der Waals surface area contributed by atoms with Gasteiger partial charge in [-0.15, -0.1) is 0 Å². The number of hydrogen-bond donors (Lipinski definition) is 0. The molecule has 1 aromatic carbocycles. The fourth-order valence-corrected chi connectivity index (χ4v) is 2.48. The van der Waals surface area contributed by atoms with Crippen LogP contribution in [-0.2, 0) is 24.5 Å². The van der Waals surface area contributed by atoms with Crippen LogP contribution in [0.2, 0.25) is 0 Å². The summed E-state index contributed by atoms with van der Waals surface area (Å²) in [5.74, 6) is -1.97. The van der Waals surface area contributed by atoms with E-state index in [9.17, 15) is 14.0 Å². The zero-order valence-corrected chi connectivity index (χ0v) is 11.5. The maximum atomic E-state index is 13.4. The summed E-state index contributed by atoms with van der Waals surface area (Å²) in [6.07, 6.45) is 0.300. The summed E-state index contributed by atoms with van der Waals surface area (Å²) in [6, 6.07) is 5.73. The Bertz CT molecular complexity index is 528. The third-order valence-electron chi connectivity index (χ3n) is 3.51. The second-order valence-corrected chi connectivity index (χ2v) is 4.71. The van der Waals surface area contributed by atoms with Crippen LogP contribution in [0, 0.1) is 11.7 Å². The molecule has 1 aromatic rings. The second kappa shape index (κ2) is 5.61. The van der Waals surface area contributed by atoms with E-state index >= 15 is 0 Å². The van der Waals surface area contributed by atoms with E-state index < -0.39 is 29.1 Å². The number of ether oxygens (including phenoxy) is 2. The third-order valence-corrected chi connectivity index (χ3v) is 3.51. The smallest absolute Gasteiger partial charge is 0.317 e. The van der Waals surface area contributed by atoms with Crippen LogP contribution in [0.5, 0.6) is 0 Å². The minimum Gasteiger partial charge on any atom is -0.466 e. The Hall–Kier alpha value is -1.91. The Balaban J connectivity index is 2.33. The molecule has 0 N–H and O–H groups in total. The lowest BCUT2D eigenvalue weighted by molar-refractivity contribution is -0.152. The maximum Gasteiger partial charge on any atom is 0.317 e. The fraction of sp³-hybridized carbons (Fsp3) is 0.467. The summed E-state index contributed by atoms with van der Waals surface area (Å²) < 4.78 is 23.4. The predicted octanol–water partition coefficient (Wildman–Crippen LogP) is 2.21. The highest BCUT2D eigenvalue weighted by atomic mass is 19.1. The number of halogens is 1. The Labute approximate surface area is 116 Å². The molecule has 0 amide bonds. The molecule has 5 heteroatoms. The van der Waals surface area contributed by atoms with Gasteiger partial charge in [0, 0.05) is 0 Å². The summed E-state index contributed by atoms with van der Waals surface area (Å²) in [5, 5.41) is 0. The average Bonchev–Trinajstić information content (AvgIpc) is 3.16. The Morgan fingerprint density at radius 3 is 2.60 bits per heavy atom. The predicted molar refractivity (Wildman–Crippen MR) is 69.5 cm³/mol. The zero-order chi connectivity index (χ0) is 14.8. The molecule has 1 aliphatic carbocycles. The first kappa shape index (κ1) is 14.5. The number of benzene rings is 1. The molecular weight excluding hydrogens is 263 g/mol. The molecular formula is C15H17FO4. The van der Waals surface area contributed by atoms with E-state index in [1.54, 1.807) is 19.9 Å². The lowest BCUT2D eigenvalue weighted by Crippen LogP contribution is -2.28. The summed E-state index contributed by atoms with van der Waals surface area (Å²) in [5.41, 5.74) is -0.626. The van der Waals surface area contributed by atoms with Crippen LogP contribution in [0.25, 0.3) is 0 Å². The van der Waals surface area contributed by atoms with Gasteiger partial charge in [0.1, 0.15) is 11.2 Å². The highest BCUT2D eigenvalue weighted by molar-refractivity contribution is 5.96. The van der Waals surface area contributed by atoms with Crippen LogP contribution in [-0.4, -0.2) is 25.2 Å². The van der Waals surface area contributed by atoms with E-state index in [1.165, 1.54) is 18.2 Å². The van der Waals surface area contributed by atoms with E-state index in [1.807, 2.05) is 0 Å². The molecule has 0 saturated heterocycles. The van der Waals surface area contributed by atoms with Gasteiger partial charge in [-0.2, -0.15) is 0 Å². The molecule has 0 spiro atoms. The molecule has 0 heterocycles. The van der Waals surface area contributed by atoms with Gasteiger partial charge in [-0.05, 0) is 38.0 Å². The van der Waals surface area contributed by atoms with Gasteiger partial charge in [-0.3, -0.25) is 9.59 Å². The van der Waals surface area contributed by atoms with Crippen molar-refractivity contribution in [1.82, 2.24) is 0 Å². The van der Waals surface area contributed by atoms with Crippen LogP contribution in [0.3, 0.4) is 0 Å². The third kappa shape index (κ3) is 2.40. The van der Waals surface area contributed by atoms with Crippen molar-refractivity contribution in [1.29, 1.82) is 0 Å². The molecule has 0 aliphatic heterocycles. The van der Waals surface area contributed by atoms with Gasteiger partial charge in [0.25, 0.3) is 0 Å². The van der Waals surface area contributed by atoms with E-state index in [2.05, 4.69) is 0 Å². The maximum absolute atomic E-state index is 13.4. The number of hydrogen-bond acceptors (Lipinski definition) is 4. The second-order valence-electron chi connectivity index (χ2n) is 4.71. The van der Waals surface area contributed by atoms with Crippen LogP contribution in [0.4, 0.5) is 4.39 Å².